The lowest BCUT2D eigenvalue weighted by atomic mass is 9.97. The molecule has 2 atom stereocenters. The molecular weight excluding hydrogens is 470 g/mol. The van der Waals surface area contributed by atoms with E-state index in [0.29, 0.717) is 37.6 Å². The van der Waals surface area contributed by atoms with Crippen molar-refractivity contribution in [1.82, 2.24) is 15.5 Å². The Hall–Kier alpha value is -2.65. The highest BCUT2D eigenvalue weighted by atomic mass is 35.5. The molecule has 3 aromatic rings. The molecule has 10 heteroatoms. The van der Waals surface area contributed by atoms with Crippen LogP contribution < -0.4 is 15.5 Å². The number of rotatable bonds is 4. The molecule has 0 bridgehead atoms. The summed E-state index contributed by atoms with van der Waals surface area (Å²) >= 11 is 0. The van der Waals surface area contributed by atoms with Crippen LogP contribution in [0.1, 0.15) is 35.3 Å². The molecule has 34 heavy (non-hydrogen) atoms. The van der Waals surface area contributed by atoms with Crippen molar-refractivity contribution >= 4 is 34.7 Å². The fraction of sp³-hybridized carbons (Fsp3) is 0.417. The largest absolute Gasteiger partial charge is 0.416 e. The summed E-state index contributed by atoms with van der Waals surface area (Å²) in [5.41, 5.74) is 1.68. The SMILES string of the molecule is Cc1c([C@@H](C)Nc2nnc(C)c3ccc(N4CCNC[C@H](F)C4)cc23)cccc1C(F)(F)F.Cl. The van der Waals surface area contributed by atoms with E-state index in [1.807, 2.05) is 30.0 Å². The van der Waals surface area contributed by atoms with E-state index in [0.717, 1.165) is 28.2 Å². The van der Waals surface area contributed by atoms with Crippen LogP contribution in [0.3, 0.4) is 0 Å². The van der Waals surface area contributed by atoms with Gasteiger partial charge in [0.2, 0.25) is 0 Å². The Morgan fingerprint density at radius 1 is 1.12 bits per heavy atom. The molecule has 0 radical (unpaired) electrons. The minimum Gasteiger partial charge on any atom is -0.367 e. The molecule has 0 amide bonds. The monoisotopic (exact) mass is 497 g/mol. The van der Waals surface area contributed by atoms with Crippen LogP contribution in [0.2, 0.25) is 0 Å². The molecule has 0 spiro atoms. The molecule has 4 rings (SSSR count). The van der Waals surface area contributed by atoms with Crippen LogP contribution in [0.4, 0.5) is 29.1 Å². The maximum Gasteiger partial charge on any atom is 0.416 e. The van der Waals surface area contributed by atoms with Gasteiger partial charge in [0.25, 0.3) is 0 Å². The predicted molar refractivity (Wildman–Crippen MR) is 130 cm³/mol. The van der Waals surface area contributed by atoms with Crippen LogP contribution in [-0.4, -0.2) is 42.5 Å². The lowest BCUT2D eigenvalue weighted by Gasteiger charge is -2.24. The molecule has 1 aliphatic rings. The molecule has 184 valence electrons. The van der Waals surface area contributed by atoms with Gasteiger partial charge in [-0.05, 0) is 50.1 Å². The van der Waals surface area contributed by atoms with Gasteiger partial charge in [-0.1, -0.05) is 18.2 Å². The van der Waals surface area contributed by atoms with Crippen LogP contribution in [0.25, 0.3) is 10.8 Å². The number of halogens is 5. The fourth-order valence-corrected chi connectivity index (χ4v) is 4.39. The minimum absolute atomic E-state index is 0. The lowest BCUT2D eigenvalue weighted by molar-refractivity contribution is -0.138. The standard InChI is InChI=1S/C24H27F4N5.ClH/c1-14-19(5-4-6-22(14)24(26,27)28)15(2)30-23-21-11-18(7-8-20(21)16(3)31-32-23)33-10-9-29-12-17(25)13-33;/h4-8,11,15,17,29H,9-10,12-13H2,1-3H3,(H,30,32);1H/t15-,17+;/m1./s1. The van der Waals surface area contributed by atoms with Gasteiger partial charge >= 0.3 is 6.18 Å². The van der Waals surface area contributed by atoms with E-state index in [4.69, 9.17) is 0 Å². The lowest BCUT2D eigenvalue weighted by Crippen LogP contribution is -2.30. The molecule has 1 aliphatic heterocycles. The number of alkyl halides is 4. The van der Waals surface area contributed by atoms with Crippen molar-refractivity contribution in [3.8, 4) is 0 Å². The third kappa shape index (κ3) is 5.36. The number of nitrogens with one attached hydrogen (secondary N) is 2. The number of aryl methyl sites for hydroxylation is 1. The number of hydrogen-bond acceptors (Lipinski definition) is 5. The number of benzene rings is 2. The summed E-state index contributed by atoms with van der Waals surface area (Å²) in [6.45, 7) is 7.11. The van der Waals surface area contributed by atoms with Crippen molar-refractivity contribution in [1.29, 1.82) is 0 Å². The topological polar surface area (TPSA) is 53.1 Å². The van der Waals surface area contributed by atoms with Crippen LogP contribution in [0.5, 0.6) is 0 Å². The van der Waals surface area contributed by atoms with Crippen LogP contribution >= 0.6 is 12.4 Å². The van der Waals surface area contributed by atoms with Gasteiger partial charge in [0.15, 0.2) is 5.82 Å². The van der Waals surface area contributed by atoms with Gasteiger partial charge in [-0.2, -0.15) is 18.3 Å². The predicted octanol–water partition coefficient (Wildman–Crippen LogP) is 5.61. The van der Waals surface area contributed by atoms with Crippen molar-refractivity contribution in [3.05, 3.63) is 58.8 Å². The fourth-order valence-electron chi connectivity index (χ4n) is 4.39. The van der Waals surface area contributed by atoms with Gasteiger partial charge in [0, 0.05) is 36.1 Å². The summed E-state index contributed by atoms with van der Waals surface area (Å²) in [4.78, 5) is 1.99. The molecule has 5 nitrogen and oxygen atoms in total. The summed E-state index contributed by atoms with van der Waals surface area (Å²) in [5, 5.41) is 16.6. The van der Waals surface area contributed by atoms with Gasteiger partial charge in [-0.15, -0.1) is 17.5 Å². The van der Waals surface area contributed by atoms with E-state index in [1.54, 1.807) is 13.0 Å². The normalized spacial score (nSPS) is 17.7. The molecular formula is C24H28ClF4N5. The van der Waals surface area contributed by atoms with E-state index in [1.165, 1.54) is 13.0 Å². The summed E-state index contributed by atoms with van der Waals surface area (Å²) in [6, 6.07) is 9.58. The van der Waals surface area contributed by atoms with Crippen LogP contribution in [0, 0.1) is 13.8 Å². The average molecular weight is 498 g/mol. The molecule has 1 aromatic heterocycles. The first-order valence-corrected chi connectivity index (χ1v) is 10.9. The van der Waals surface area contributed by atoms with Gasteiger partial charge in [-0.25, -0.2) is 4.39 Å². The number of hydrogen-bond donors (Lipinski definition) is 2. The number of nitrogens with zero attached hydrogens (tertiary/aromatic N) is 3. The Morgan fingerprint density at radius 2 is 1.88 bits per heavy atom. The average Bonchev–Trinajstić information content (AvgIpc) is 2.99. The quantitative estimate of drug-likeness (QED) is 0.459. The summed E-state index contributed by atoms with van der Waals surface area (Å²) < 4.78 is 54.2. The Kier molecular flexibility index (Phi) is 7.88. The second-order valence-corrected chi connectivity index (χ2v) is 8.49. The van der Waals surface area contributed by atoms with Gasteiger partial charge in [-0.3, -0.25) is 0 Å². The Morgan fingerprint density at radius 3 is 2.62 bits per heavy atom. The zero-order valence-corrected chi connectivity index (χ0v) is 20.0. The Labute approximate surface area is 202 Å². The van der Waals surface area contributed by atoms with Crippen LogP contribution in [0.15, 0.2) is 36.4 Å². The zero-order chi connectivity index (χ0) is 23.8. The molecule has 2 N–H and O–H groups in total. The zero-order valence-electron chi connectivity index (χ0n) is 19.2. The summed E-state index contributed by atoms with van der Waals surface area (Å²) in [5.74, 6) is 0.478. The maximum atomic E-state index is 14.1. The van der Waals surface area contributed by atoms with Crippen molar-refractivity contribution in [2.75, 3.05) is 36.4 Å². The first-order chi connectivity index (χ1) is 15.6. The minimum atomic E-state index is -4.42. The van der Waals surface area contributed by atoms with Crippen molar-refractivity contribution in [3.63, 3.8) is 0 Å². The first-order valence-electron chi connectivity index (χ1n) is 10.9. The Balaban J connectivity index is 0.00000324. The summed E-state index contributed by atoms with van der Waals surface area (Å²) in [7, 11) is 0. The molecule has 2 aromatic carbocycles. The van der Waals surface area contributed by atoms with Crippen LogP contribution in [-0.2, 0) is 6.18 Å². The Bertz CT molecular complexity index is 1150. The number of anilines is 2. The molecule has 2 heterocycles. The molecule has 0 unspecified atom stereocenters. The van der Waals surface area contributed by atoms with E-state index < -0.39 is 24.0 Å². The van der Waals surface area contributed by atoms with Gasteiger partial charge < -0.3 is 15.5 Å². The second kappa shape index (κ2) is 10.3. The third-order valence-electron chi connectivity index (χ3n) is 6.16. The molecule has 1 fully saturated rings. The highest BCUT2D eigenvalue weighted by molar-refractivity contribution is 5.95. The highest BCUT2D eigenvalue weighted by Gasteiger charge is 2.33. The number of fused-ring (bicyclic) bond motifs is 1. The third-order valence-corrected chi connectivity index (χ3v) is 6.16. The van der Waals surface area contributed by atoms with E-state index in [2.05, 4.69) is 20.8 Å². The van der Waals surface area contributed by atoms with Crippen molar-refractivity contribution in [2.24, 2.45) is 0 Å². The second-order valence-electron chi connectivity index (χ2n) is 8.49. The van der Waals surface area contributed by atoms with E-state index in [-0.39, 0.29) is 18.0 Å². The van der Waals surface area contributed by atoms with E-state index >= 15 is 0 Å². The van der Waals surface area contributed by atoms with Crippen molar-refractivity contribution < 1.29 is 17.6 Å². The molecule has 1 saturated heterocycles. The first kappa shape index (κ1) is 26.0. The molecule has 0 aliphatic carbocycles. The molecule has 0 saturated carbocycles. The van der Waals surface area contributed by atoms with E-state index in [9.17, 15) is 17.6 Å². The highest BCUT2D eigenvalue weighted by Crippen LogP contribution is 2.36. The smallest absolute Gasteiger partial charge is 0.367 e. The van der Waals surface area contributed by atoms with Gasteiger partial charge in [0.1, 0.15) is 6.17 Å². The maximum absolute atomic E-state index is 14.1. The van der Waals surface area contributed by atoms with Crippen molar-refractivity contribution in [2.45, 2.75) is 39.2 Å². The van der Waals surface area contributed by atoms with Gasteiger partial charge in [0.05, 0.1) is 23.8 Å². The number of aromatic nitrogens is 2. The summed E-state index contributed by atoms with van der Waals surface area (Å²) in [6.07, 6.45) is -5.39.